The molecule has 2 aliphatic heterocycles. The van der Waals surface area contributed by atoms with Crippen molar-refractivity contribution in [3.63, 3.8) is 0 Å². The Kier molecular flexibility index (Phi) is 4.94. The van der Waals surface area contributed by atoms with Gasteiger partial charge in [0, 0.05) is 0 Å². The van der Waals surface area contributed by atoms with Gasteiger partial charge in [-0.15, -0.1) is 0 Å². The van der Waals surface area contributed by atoms with Crippen molar-refractivity contribution < 1.29 is 18.7 Å². The third-order valence-electron chi connectivity index (χ3n) is 4.20. The van der Waals surface area contributed by atoms with Crippen molar-refractivity contribution >= 4 is 28.8 Å². The Morgan fingerprint density at radius 1 is 1.32 bits per heavy atom. The molecule has 1 amide bonds. The minimum absolute atomic E-state index is 0.0881. The van der Waals surface area contributed by atoms with E-state index in [1.165, 1.54) is 23.9 Å². The topological polar surface area (TPSA) is 59.0 Å². The monoisotopic (exact) mass is 362 g/mol. The van der Waals surface area contributed by atoms with Crippen LogP contribution in [-0.2, 0) is 14.3 Å². The van der Waals surface area contributed by atoms with E-state index >= 15 is 0 Å². The molecule has 2 heterocycles. The molecule has 2 aliphatic rings. The number of allylic oxidation sites excluding steroid dienone is 1. The zero-order valence-electron chi connectivity index (χ0n) is 14.3. The molecule has 0 N–H and O–H groups in total. The van der Waals surface area contributed by atoms with E-state index in [1.807, 2.05) is 6.92 Å². The molecule has 0 spiro atoms. The lowest BCUT2D eigenvalue weighted by atomic mass is 9.94. The number of hydrogen-bond donors (Lipinski definition) is 0. The molecule has 5 nitrogen and oxygen atoms in total. The van der Waals surface area contributed by atoms with Gasteiger partial charge in [0.25, 0.3) is 0 Å². The number of halogens is 1. The summed E-state index contributed by atoms with van der Waals surface area (Å²) in [6.07, 6.45) is 0.670. The van der Waals surface area contributed by atoms with Crippen molar-refractivity contribution in [2.75, 3.05) is 6.61 Å². The zero-order valence-corrected chi connectivity index (χ0v) is 15.1. The largest absolute Gasteiger partial charge is 0.463 e. The van der Waals surface area contributed by atoms with E-state index in [4.69, 9.17) is 4.74 Å². The highest BCUT2D eigenvalue weighted by atomic mass is 32.2. The molecule has 1 saturated heterocycles. The Labute approximate surface area is 149 Å². The molecular weight excluding hydrogens is 343 g/mol. The fourth-order valence-corrected chi connectivity index (χ4v) is 4.15. The Morgan fingerprint density at radius 3 is 2.60 bits per heavy atom. The molecule has 0 unspecified atom stereocenters. The molecule has 25 heavy (non-hydrogen) atoms. The van der Waals surface area contributed by atoms with Gasteiger partial charge in [0.1, 0.15) is 5.82 Å². The van der Waals surface area contributed by atoms with Gasteiger partial charge in [-0.25, -0.2) is 14.2 Å². The zero-order chi connectivity index (χ0) is 18.1. The van der Waals surface area contributed by atoms with Crippen LogP contribution in [0.2, 0.25) is 0 Å². The molecular formula is C18H19FN2O3S. The SMILES string of the molecule is CCOC(=O)C1=C(C)N=C2S[C@@H](CC)C(=O)N2[C@H]1c1ccc(F)cc1. The van der Waals surface area contributed by atoms with Crippen LogP contribution >= 0.6 is 11.8 Å². The predicted molar refractivity (Wildman–Crippen MR) is 94.4 cm³/mol. The van der Waals surface area contributed by atoms with Crippen LogP contribution in [0.4, 0.5) is 4.39 Å². The summed E-state index contributed by atoms with van der Waals surface area (Å²) in [4.78, 5) is 31.4. The van der Waals surface area contributed by atoms with Gasteiger partial charge in [0.2, 0.25) is 5.91 Å². The number of nitrogens with zero attached hydrogens (tertiary/aromatic N) is 2. The number of fused-ring (bicyclic) bond motifs is 1. The second-order valence-electron chi connectivity index (χ2n) is 5.79. The van der Waals surface area contributed by atoms with Crippen molar-refractivity contribution in [2.24, 2.45) is 4.99 Å². The Bertz CT molecular complexity index is 773. The Morgan fingerprint density at radius 2 is 2.00 bits per heavy atom. The summed E-state index contributed by atoms with van der Waals surface area (Å²) >= 11 is 1.40. The highest BCUT2D eigenvalue weighted by Gasteiger charge is 2.47. The van der Waals surface area contributed by atoms with E-state index in [9.17, 15) is 14.0 Å². The van der Waals surface area contributed by atoms with E-state index in [0.29, 0.717) is 28.4 Å². The summed E-state index contributed by atoms with van der Waals surface area (Å²) in [6, 6.07) is 5.18. The van der Waals surface area contributed by atoms with Crippen LogP contribution in [0.25, 0.3) is 0 Å². The molecule has 2 atom stereocenters. The van der Waals surface area contributed by atoms with Crippen molar-refractivity contribution in [1.82, 2.24) is 4.90 Å². The number of esters is 1. The van der Waals surface area contributed by atoms with Gasteiger partial charge < -0.3 is 4.74 Å². The van der Waals surface area contributed by atoms with Crippen LogP contribution in [0.15, 0.2) is 40.5 Å². The summed E-state index contributed by atoms with van der Waals surface area (Å²) in [5.74, 6) is -0.967. The molecule has 1 aromatic rings. The quantitative estimate of drug-likeness (QED) is 0.770. The number of benzene rings is 1. The molecule has 7 heteroatoms. The standard InChI is InChI=1S/C18H19FN2O3S/c1-4-13-16(22)21-15(11-6-8-12(19)9-7-11)14(17(23)24-5-2)10(3)20-18(21)25-13/h6-9,13,15H,4-5H2,1-3H3/t13-,15-/m0/s1. The van der Waals surface area contributed by atoms with Crippen molar-refractivity contribution in [2.45, 2.75) is 38.5 Å². The summed E-state index contributed by atoms with van der Waals surface area (Å²) in [5, 5.41) is 0.354. The van der Waals surface area contributed by atoms with E-state index in [0.717, 1.165) is 0 Å². The first kappa shape index (κ1) is 17.7. The number of amides is 1. The Hall–Kier alpha value is -2.15. The number of thioether (sulfide) groups is 1. The molecule has 1 fully saturated rings. The van der Waals surface area contributed by atoms with Crippen LogP contribution < -0.4 is 0 Å². The summed E-state index contributed by atoms with van der Waals surface area (Å²) < 4.78 is 18.5. The summed E-state index contributed by atoms with van der Waals surface area (Å²) in [7, 11) is 0. The molecule has 0 bridgehead atoms. The maximum Gasteiger partial charge on any atom is 0.338 e. The fraction of sp³-hybridized carbons (Fsp3) is 0.389. The van der Waals surface area contributed by atoms with Crippen molar-refractivity contribution in [3.05, 3.63) is 46.9 Å². The lowest BCUT2D eigenvalue weighted by molar-refractivity contribution is -0.139. The van der Waals surface area contributed by atoms with Gasteiger partial charge >= 0.3 is 5.97 Å². The van der Waals surface area contributed by atoms with Crippen LogP contribution in [0.3, 0.4) is 0 Å². The average molecular weight is 362 g/mol. The molecule has 132 valence electrons. The van der Waals surface area contributed by atoms with Gasteiger partial charge in [-0.3, -0.25) is 9.69 Å². The number of hydrogen-bond acceptors (Lipinski definition) is 5. The number of carbonyl (C=O) groups excluding carboxylic acids is 2. The van der Waals surface area contributed by atoms with Gasteiger partial charge in [0.05, 0.1) is 29.2 Å². The molecule has 0 aromatic heterocycles. The van der Waals surface area contributed by atoms with Gasteiger partial charge in [-0.05, 0) is 38.0 Å². The number of ether oxygens (including phenoxy) is 1. The molecule has 3 rings (SSSR count). The first-order valence-electron chi connectivity index (χ1n) is 8.19. The van der Waals surface area contributed by atoms with Crippen LogP contribution in [-0.4, -0.2) is 33.8 Å². The first-order valence-corrected chi connectivity index (χ1v) is 9.07. The fourth-order valence-electron chi connectivity index (χ4n) is 3.02. The third-order valence-corrected chi connectivity index (χ3v) is 5.52. The number of rotatable bonds is 4. The molecule has 0 radical (unpaired) electrons. The molecule has 0 saturated carbocycles. The second-order valence-corrected chi connectivity index (χ2v) is 6.96. The van der Waals surface area contributed by atoms with Gasteiger partial charge in [0.15, 0.2) is 5.17 Å². The summed E-state index contributed by atoms with van der Waals surface area (Å²) in [6.45, 7) is 5.62. The first-order chi connectivity index (χ1) is 12.0. The highest BCUT2D eigenvalue weighted by molar-refractivity contribution is 8.15. The highest BCUT2D eigenvalue weighted by Crippen LogP contribution is 2.43. The third kappa shape index (κ3) is 3.08. The van der Waals surface area contributed by atoms with E-state index < -0.39 is 12.0 Å². The van der Waals surface area contributed by atoms with Crippen LogP contribution in [0.5, 0.6) is 0 Å². The minimum atomic E-state index is -0.649. The Balaban J connectivity index is 2.13. The summed E-state index contributed by atoms with van der Waals surface area (Å²) in [5.41, 5.74) is 1.50. The van der Waals surface area contributed by atoms with Crippen molar-refractivity contribution in [3.8, 4) is 0 Å². The van der Waals surface area contributed by atoms with Crippen LogP contribution in [0.1, 0.15) is 38.8 Å². The van der Waals surface area contributed by atoms with Gasteiger partial charge in [-0.2, -0.15) is 0 Å². The predicted octanol–water partition coefficient (Wildman–Crippen LogP) is 3.43. The smallest absolute Gasteiger partial charge is 0.338 e. The van der Waals surface area contributed by atoms with Gasteiger partial charge in [-0.1, -0.05) is 30.8 Å². The second kappa shape index (κ2) is 7.00. The maximum atomic E-state index is 13.4. The van der Waals surface area contributed by atoms with Crippen LogP contribution in [0, 0.1) is 5.82 Å². The normalized spacial score (nSPS) is 22.8. The lowest BCUT2D eigenvalue weighted by Crippen LogP contribution is -2.40. The minimum Gasteiger partial charge on any atom is -0.463 e. The molecule has 1 aromatic carbocycles. The average Bonchev–Trinajstić information content (AvgIpc) is 2.90. The maximum absolute atomic E-state index is 13.4. The number of amidine groups is 1. The van der Waals surface area contributed by atoms with E-state index in [1.54, 1.807) is 30.9 Å². The molecule has 0 aliphatic carbocycles. The van der Waals surface area contributed by atoms with E-state index in [2.05, 4.69) is 4.99 Å². The van der Waals surface area contributed by atoms with E-state index in [-0.39, 0.29) is 23.6 Å². The number of carbonyl (C=O) groups is 2. The number of aliphatic imine (C=N–C) groups is 1. The van der Waals surface area contributed by atoms with Crippen molar-refractivity contribution in [1.29, 1.82) is 0 Å². The lowest BCUT2D eigenvalue weighted by Gasteiger charge is -2.33.